The van der Waals surface area contributed by atoms with E-state index in [2.05, 4.69) is 5.32 Å². The van der Waals surface area contributed by atoms with Gasteiger partial charge >= 0.3 is 12.0 Å². The molecule has 1 aliphatic heterocycles. The highest BCUT2D eigenvalue weighted by Gasteiger charge is 2.45. The fraction of sp³-hybridized carbons (Fsp3) is 0.857. The molecule has 1 unspecified atom stereocenters. The van der Waals surface area contributed by atoms with Crippen LogP contribution in [0.4, 0.5) is 4.79 Å². The number of hydrogen-bond donors (Lipinski definition) is 2. The van der Waals surface area contributed by atoms with E-state index in [0.29, 0.717) is 45.8 Å². The van der Waals surface area contributed by atoms with Crippen LogP contribution in [0.25, 0.3) is 0 Å². The summed E-state index contributed by atoms with van der Waals surface area (Å²) in [5, 5.41) is 12.1. The number of urea groups is 1. The number of carbonyl (C=O) groups excluding carboxylic acids is 1. The van der Waals surface area contributed by atoms with Crippen molar-refractivity contribution in [1.29, 1.82) is 0 Å². The van der Waals surface area contributed by atoms with Gasteiger partial charge in [-0.1, -0.05) is 13.3 Å². The smallest absolute Gasteiger partial charge is 0.317 e. The van der Waals surface area contributed by atoms with E-state index in [1.54, 1.807) is 12.0 Å². The number of aliphatic carboxylic acids is 1. The molecule has 122 valence electrons. The number of carbonyl (C=O) groups is 2. The highest BCUT2D eigenvalue weighted by Crippen LogP contribution is 2.35. The van der Waals surface area contributed by atoms with Gasteiger partial charge in [-0.3, -0.25) is 4.79 Å². The number of carboxylic acids is 1. The number of rotatable bonds is 9. The third-order valence-corrected chi connectivity index (χ3v) is 3.78. The number of ether oxygens (including phenoxy) is 2. The van der Waals surface area contributed by atoms with Gasteiger partial charge in [0.25, 0.3) is 0 Å². The number of nitrogens with one attached hydrogen (secondary N) is 1. The number of hydrogen-bond acceptors (Lipinski definition) is 4. The van der Waals surface area contributed by atoms with Crippen molar-refractivity contribution in [2.45, 2.75) is 26.2 Å². The predicted molar refractivity (Wildman–Crippen MR) is 77.3 cm³/mol. The number of amides is 2. The van der Waals surface area contributed by atoms with E-state index < -0.39 is 11.4 Å². The number of carboxylic acid groups (broad SMARTS) is 1. The molecule has 0 spiro atoms. The van der Waals surface area contributed by atoms with Crippen LogP contribution in [0.1, 0.15) is 26.2 Å². The molecule has 2 N–H and O–H groups in total. The highest BCUT2D eigenvalue weighted by molar-refractivity contribution is 5.79. The quantitative estimate of drug-likeness (QED) is 0.619. The number of methoxy groups -OCH3 is 1. The summed E-state index contributed by atoms with van der Waals surface area (Å²) in [6, 6.07) is -0.218. The molecule has 1 heterocycles. The SMILES string of the molecule is CCCC1(C(=O)O)CCN(C(=O)NCCOCCOC)C1. The summed E-state index contributed by atoms with van der Waals surface area (Å²) in [4.78, 5) is 25.0. The lowest BCUT2D eigenvalue weighted by molar-refractivity contribution is -0.148. The zero-order chi connectivity index (χ0) is 15.7. The maximum atomic E-state index is 12.0. The van der Waals surface area contributed by atoms with E-state index in [4.69, 9.17) is 9.47 Å². The van der Waals surface area contributed by atoms with Gasteiger partial charge in [0, 0.05) is 26.7 Å². The molecule has 0 aromatic rings. The van der Waals surface area contributed by atoms with E-state index in [1.165, 1.54) is 0 Å². The molecule has 0 bridgehead atoms. The van der Waals surface area contributed by atoms with Crippen molar-refractivity contribution in [2.75, 3.05) is 46.6 Å². The summed E-state index contributed by atoms with van der Waals surface area (Å²) in [6.07, 6.45) is 1.93. The van der Waals surface area contributed by atoms with E-state index in [-0.39, 0.29) is 12.6 Å². The van der Waals surface area contributed by atoms with Crippen LogP contribution in [0.5, 0.6) is 0 Å². The largest absolute Gasteiger partial charge is 0.481 e. The van der Waals surface area contributed by atoms with Gasteiger partial charge in [0.1, 0.15) is 0 Å². The predicted octanol–water partition coefficient (Wildman–Crippen LogP) is 0.936. The van der Waals surface area contributed by atoms with E-state index in [0.717, 1.165) is 6.42 Å². The Labute approximate surface area is 125 Å². The molecule has 1 fully saturated rings. The van der Waals surface area contributed by atoms with Gasteiger partial charge in [-0.05, 0) is 12.8 Å². The first-order valence-corrected chi connectivity index (χ1v) is 7.38. The number of likely N-dealkylation sites (tertiary alicyclic amines) is 1. The molecule has 0 saturated carbocycles. The summed E-state index contributed by atoms with van der Waals surface area (Å²) < 4.78 is 10.1. The lowest BCUT2D eigenvalue weighted by atomic mass is 9.83. The molecule has 1 atom stereocenters. The molecular weight excluding hydrogens is 276 g/mol. The second kappa shape index (κ2) is 8.84. The minimum atomic E-state index is -0.803. The topological polar surface area (TPSA) is 88.1 Å². The van der Waals surface area contributed by atoms with Gasteiger partial charge in [0.15, 0.2) is 0 Å². The van der Waals surface area contributed by atoms with E-state index in [9.17, 15) is 14.7 Å². The maximum absolute atomic E-state index is 12.0. The lowest BCUT2D eigenvalue weighted by Crippen LogP contribution is -2.42. The minimum absolute atomic E-state index is 0.218. The molecule has 1 rings (SSSR count). The number of nitrogens with zero attached hydrogens (tertiary/aromatic N) is 1. The van der Waals surface area contributed by atoms with Crippen molar-refractivity contribution in [2.24, 2.45) is 5.41 Å². The molecule has 0 aromatic heterocycles. The average Bonchev–Trinajstić information content (AvgIpc) is 2.88. The Morgan fingerprint density at radius 3 is 2.71 bits per heavy atom. The van der Waals surface area contributed by atoms with Crippen LogP contribution in [0, 0.1) is 5.41 Å². The van der Waals surface area contributed by atoms with E-state index >= 15 is 0 Å². The third kappa shape index (κ3) is 5.17. The van der Waals surface area contributed by atoms with Crippen molar-refractivity contribution in [3.05, 3.63) is 0 Å². The Hall–Kier alpha value is -1.34. The van der Waals surface area contributed by atoms with Gasteiger partial charge in [0.05, 0.1) is 25.2 Å². The summed E-state index contributed by atoms with van der Waals surface area (Å²) in [7, 11) is 1.60. The van der Waals surface area contributed by atoms with Crippen molar-refractivity contribution in [1.82, 2.24) is 10.2 Å². The zero-order valence-electron chi connectivity index (χ0n) is 12.9. The standard InChI is InChI=1S/C14H26N2O5/c1-3-4-14(12(17)18)5-7-16(11-14)13(19)15-6-8-21-10-9-20-2/h3-11H2,1-2H3,(H,15,19)(H,17,18). The molecule has 0 radical (unpaired) electrons. The van der Waals surface area contributed by atoms with Gasteiger partial charge in [-0.25, -0.2) is 4.79 Å². The maximum Gasteiger partial charge on any atom is 0.317 e. The van der Waals surface area contributed by atoms with Crippen molar-refractivity contribution >= 4 is 12.0 Å². The molecule has 1 saturated heterocycles. The fourth-order valence-electron chi connectivity index (χ4n) is 2.60. The van der Waals surface area contributed by atoms with Crippen LogP contribution in [-0.2, 0) is 14.3 Å². The van der Waals surface area contributed by atoms with Crippen LogP contribution in [0.3, 0.4) is 0 Å². The molecule has 7 heteroatoms. The van der Waals surface area contributed by atoms with Gasteiger partial charge < -0.3 is 24.8 Å². The molecule has 21 heavy (non-hydrogen) atoms. The molecule has 1 aliphatic rings. The molecule has 2 amide bonds. The van der Waals surface area contributed by atoms with Crippen LogP contribution in [0.2, 0.25) is 0 Å². The van der Waals surface area contributed by atoms with Gasteiger partial charge in [-0.2, -0.15) is 0 Å². The summed E-state index contributed by atoms with van der Waals surface area (Å²) in [5.41, 5.74) is -0.777. The highest BCUT2D eigenvalue weighted by atomic mass is 16.5. The molecule has 7 nitrogen and oxygen atoms in total. The molecular formula is C14H26N2O5. The third-order valence-electron chi connectivity index (χ3n) is 3.78. The summed E-state index contributed by atoms with van der Waals surface area (Å²) >= 11 is 0. The minimum Gasteiger partial charge on any atom is -0.481 e. The first-order valence-electron chi connectivity index (χ1n) is 7.38. The van der Waals surface area contributed by atoms with Crippen molar-refractivity contribution < 1.29 is 24.2 Å². The molecule has 0 aliphatic carbocycles. The second-order valence-electron chi connectivity index (χ2n) is 5.34. The lowest BCUT2D eigenvalue weighted by Gasteiger charge is -2.24. The Morgan fingerprint density at radius 2 is 2.10 bits per heavy atom. The Kier molecular flexibility index (Phi) is 7.45. The summed E-state index contributed by atoms with van der Waals surface area (Å²) in [5.74, 6) is -0.803. The summed E-state index contributed by atoms with van der Waals surface area (Å²) in [6.45, 7) is 4.59. The Bertz CT molecular complexity index is 350. The van der Waals surface area contributed by atoms with Gasteiger partial charge in [0.2, 0.25) is 0 Å². The van der Waals surface area contributed by atoms with Crippen LogP contribution in [-0.4, -0.2) is 68.6 Å². The van der Waals surface area contributed by atoms with Crippen LogP contribution < -0.4 is 5.32 Å². The Balaban J connectivity index is 2.31. The first kappa shape index (κ1) is 17.7. The zero-order valence-corrected chi connectivity index (χ0v) is 12.9. The monoisotopic (exact) mass is 302 g/mol. The fourth-order valence-corrected chi connectivity index (χ4v) is 2.60. The van der Waals surface area contributed by atoms with Gasteiger partial charge in [-0.15, -0.1) is 0 Å². The van der Waals surface area contributed by atoms with Crippen LogP contribution >= 0.6 is 0 Å². The van der Waals surface area contributed by atoms with Crippen molar-refractivity contribution in [3.63, 3.8) is 0 Å². The molecule has 0 aromatic carbocycles. The van der Waals surface area contributed by atoms with Crippen LogP contribution in [0.15, 0.2) is 0 Å². The van der Waals surface area contributed by atoms with E-state index in [1.807, 2.05) is 6.92 Å². The average molecular weight is 302 g/mol. The van der Waals surface area contributed by atoms with Crippen molar-refractivity contribution in [3.8, 4) is 0 Å². The normalized spacial score (nSPS) is 21.5. The second-order valence-corrected chi connectivity index (χ2v) is 5.34. The Morgan fingerprint density at radius 1 is 1.33 bits per heavy atom. The first-order chi connectivity index (χ1) is 10.1.